The highest BCUT2D eigenvalue weighted by Crippen LogP contribution is 2.22. The van der Waals surface area contributed by atoms with Crippen LogP contribution in [0.15, 0.2) is 30.5 Å². The first-order valence-electron chi connectivity index (χ1n) is 7.24. The van der Waals surface area contributed by atoms with E-state index < -0.39 is 5.97 Å². The first kappa shape index (κ1) is 15.5. The molecule has 2 heterocycles. The Morgan fingerprint density at radius 3 is 2.83 bits per heavy atom. The molecule has 0 fully saturated rings. The van der Waals surface area contributed by atoms with E-state index in [-0.39, 0.29) is 0 Å². The number of fused-ring (bicyclic) bond motifs is 3. The summed E-state index contributed by atoms with van der Waals surface area (Å²) in [5, 5.41) is 11.0. The highest BCUT2D eigenvalue weighted by Gasteiger charge is 2.29. The van der Waals surface area contributed by atoms with Gasteiger partial charge in [0.1, 0.15) is 6.07 Å². The smallest absolute Gasteiger partial charge is 0.361 e. The topological polar surface area (TPSA) is 58.6 Å². The van der Waals surface area contributed by atoms with Crippen LogP contribution in [0.2, 0.25) is 0 Å². The third kappa shape index (κ3) is 2.28. The minimum Gasteiger partial charge on any atom is -0.461 e. The number of esters is 1. The van der Waals surface area contributed by atoms with Gasteiger partial charge in [-0.3, -0.25) is 0 Å². The lowest BCUT2D eigenvalue weighted by Crippen LogP contribution is -2.32. The molecule has 1 aromatic carbocycles. The Morgan fingerprint density at radius 1 is 1.43 bits per heavy atom. The predicted molar refractivity (Wildman–Crippen MR) is 88.6 cm³/mol. The molecule has 0 aliphatic rings. The van der Waals surface area contributed by atoms with Crippen LogP contribution in [0.1, 0.15) is 34.2 Å². The average Bonchev–Trinajstić information content (AvgIpc) is 2.96. The second-order valence-corrected chi connectivity index (χ2v) is 5.66. The highest BCUT2D eigenvalue weighted by atomic mass is 79.9. The first-order valence-corrected chi connectivity index (χ1v) is 8.36. The summed E-state index contributed by atoms with van der Waals surface area (Å²) < 4.78 is 8.86. The number of rotatable bonds is 3. The Balaban J connectivity index is 2.53. The Morgan fingerprint density at radius 2 is 2.17 bits per heavy atom. The molecule has 6 heteroatoms. The summed E-state index contributed by atoms with van der Waals surface area (Å²) >= 11 is 3.43. The molecule has 0 saturated carbocycles. The van der Waals surface area contributed by atoms with Crippen LogP contribution in [0, 0.1) is 18.3 Å². The lowest BCUT2D eigenvalue weighted by atomic mass is 10.1. The van der Waals surface area contributed by atoms with Crippen LogP contribution in [0.25, 0.3) is 10.9 Å². The van der Waals surface area contributed by atoms with Crippen LogP contribution in [0.4, 0.5) is 0 Å². The van der Waals surface area contributed by atoms with Gasteiger partial charge in [0.25, 0.3) is 0 Å². The Labute approximate surface area is 141 Å². The Kier molecular flexibility index (Phi) is 4.05. The number of carbonyl (C=O) groups excluding carboxylic acids is 1. The molecule has 0 amide bonds. The second kappa shape index (κ2) is 6.01. The number of nitrogens with zero attached hydrogens (tertiary/aromatic N) is 3. The number of halogens is 1. The fourth-order valence-electron chi connectivity index (χ4n) is 2.86. The maximum atomic E-state index is 12.4. The van der Waals surface area contributed by atoms with E-state index in [1.807, 2.05) is 41.9 Å². The minimum absolute atomic E-state index is 0.302. The Hall–Kier alpha value is -2.39. The van der Waals surface area contributed by atoms with Crippen molar-refractivity contribution < 1.29 is 14.0 Å². The summed E-state index contributed by atoms with van der Waals surface area (Å²) in [6.45, 7) is 3.92. The normalized spacial score (nSPS) is 10.9. The first-order chi connectivity index (χ1) is 11.1. The molecule has 3 aromatic rings. The van der Waals surface area contributed by atoms with Gasteiger partial charge in [-0.25, -0.2) is 4.79 Å². The SMILES string of the molecule is CCOC(=O)c1c(CBr)c[n+]2c3ccccc3c(C#N)c(C)n12. The van der Waals surface area contributed by atoms with Gasteiger partial charge in [-0.15, -0.1) is 4.52 Å². The van der Waals surface area contributed by atoms with E-state index in [4.69, 9.17) is 4.74 Å². The molecule has 0 aliphatic heterocycles. The summed E-state index contributed by atoms with van der Waals surface area (Å²) in [5.74, 6) is -0.392. The summed E-state index contributed by atoms with van der Waals surface area (Å²) in [7, 11) is 0. The van der Waals surface area contributed by atoms with Crippen LogP contribution in [0.3, 0.4) is 0 Å². The van der Waals surface area contributed by atoms with Crippen molar-refractivity contribution >= 4 is 32.8 Å². The molecular formula is C17H15BrN3O2+. The number of ether oxygens (including phenoxy) is 1. The van der Waals surface area contributed by atoms with Crippen molar-refractivity contribution in [2.24, 2.45) is 0 Å². The quantitative estimate of drug-likeness (QED) is 0.403. The van der Waals surface area contributed by atoms with Crippen LogP contribution >= 0.6 is 15.9 Å². The fraction of sp³-hybridized carbons (Fsp3) is 0.235. The van der Waals surface area contributed by atoms with E-state index in [0.29, 0.717) is 28.9 Å². The number of benzene rings is 1. The van der Waals surface area contributed by atoms with Crippen molar-refractivity contribution in [2.75, 3.05) is 6.61 Å². The number of aryl methyl sites for hydroxylation is 1. The van der Waals surface area contributed by atoms with E-state index >= 15 is 0 Å². The summed E-state index contributed by atoms with van der Waals surface area (Å²) in [6.07, 6.45) is 1.90. The number of para-hydroxylation sites is 1. The fourth-order valence-corrected chi connectivity index (χ4v) is 3.27. The zero-order valence-corrected chi connectivity index (χ0v) is 14.4. The third-order valence-electron chi connectivity index (χ3n) is 3.83. The molecule has 0 spiro atoms. The molecular weight excluding hydrogens is 358 g/mol. The van der Waals surface area contributed by atoms with Crippen molar-refractivity contribution in [3.63, 3.8) is 0 Å². The molecule has 0 atom stereocenters. The minimum atomic E-state index is -0.392. The van der Waals surface area contributed by atoms with E-state index in [0.717, 1.165) is 16.5 Å². The average molecular weight is 373 g/mol. The largest absolute Gasteiger partial charge is 0.461 e. The van der Waals surface area contributed by atoms with E-state index in [9.17, 15) is 10.1 Å². The Bertz CT molecular complexity index is 970. The molecule has 0 radical (unpaired) electrons. The van der Waals surface area contributed by atoms with Crippen LogP contribution in [0.5, 0.6) is 0 Å². The van der Waals surface area contributed by atoms with Gasteiger partial charge in [0, 0.05) is 11.4 Å². The maximum Gasteiger partial charge on any atom is 0.361 e. The van der Waals surface area contributed by atoms with Gasteiger partial charge in [-0.2, -0.15) is 5.26 Å². The molecule has 0 saturated heterocycles. The van der Waals surface area contributed by atoms with Gasteiger partial charge in [0.2, 0.25) is 11.7 Å². The third-order valence-corrected chi connectivity index (χ3v) is 4.44. The summed E-state index contributed by atoms with van der Waals surface area (Å²) in [5.41, 5.74) is 3.40. The maximum absolute atomic E-state index is 12.4. The number of carbonyl (C=O) groups is 1. The second-order valence-electron chi connectivity index (χ2n) is 5.10. The van der Waals surface area contributed by atoms with Crippen molar-refractivity contribution in [3.8, 4) is 6.07 Å². The lowest BCUT2D eigenvalue weighted by molar-refractivity contribution is -0.591. The molecule has 5 nitrogen and oxygen atoms in total. The number of hydrogen-bond donors (Lipinski definition) is 0. The monoisotopic (exact) mass is 372 g/mol. The number of alkyl halides is 1. The predicted octanol–water partition coefficient (Wildman–Crippen LogP) is 2.93. The van der Waals surface area contributed by atoms with Gasteiger partial charge in [-0.1, -0.05) is 32.6 Å². The molecule has 0 aliphatic carbocycles. The van der Waals surface area contributed by atoms with Gasteiger partial charge in [-0.05, 0) is 19.9 Å². The molecule has 0 bridgehead atoms. The molecule has 0 N–H and O–H groups in total. The summed E-state index contributed by atoms with van der Waals surface area (Å²) in [4.78, 5) is 12.4. The standard InChI is InChI=1S/C17H15BrN3O2/c1-3-23-17(22)16-12(8-18)10-20-15-7-5-4-6-13(15)14(9-19)11(2)21(16)20/h4-7,10H,3,8H2,1-2H3/q+1. The van der Waals surface area contributed by atoms with Gasteiger partial charge in [0.05, 0.1) is 28.8 Å². The van der Waals surface area contributed by atoms with Crippen LogP contribution in [-0.2, 0) is 10.1 Å². The van der Waals surface area contributed by atoms with Gasteiger partial charge >= 0.3 is 5.97 Å². The number of aromatic nitrogens is 2. The lowest BCUT2D eigenvalue weighted by Gasteiger charge is -2.06. The van der Waals surface area contributed by atoms with E-state index in [1.165, 1.54) is 0 Å². The summed E-state index contributed by atoms with van der Waals surface area (Å²) in [6, 6.07) is 9.92. The molecule has 0 unspecified atom stereocenters. The van der Waals surface area contributed by atoms with Crippen molar-refractivity contribution in [1.82, 2.24) is 4.52 Å². The van der Waals surface area contributed by atoms with Crippen molar-refractivity contribution in [2.45, 2.75) is 19.2 Å². The van der Waals surface area contributed by atoms with Crippen LogP contribution < -0.4 is 4.52 Å². The van der Waals surface area contributed by atoms with Gasteiger partial charge < -0.3 is 4.74 Å². The van der Waals surface area contributed by atoms with Crippen molar-refractivity contribution in [1.29, 1.82) is 5.26 Å². The van der Waals surface area contributed by atoms with E-state index in [1.54, 1.807) is 11.4 Å². The molecule has 116 valence electrons. The van der Waals surface area contributed by atoms with E-state index in [2.05, 4.69) is 22.0 Å². The van der Waals surface area contributed by atoms with Crippen molar-refractivity contribution in [3.05, 3.63) is 53.0 Å². The molecule has 2 aromatic heterocycles. The number of hydrogen-bond acceptors (Lipinski definition) is 3. The molecule has 23 heavy (non-hydrogen) atoms. The van der Waals surface area contributed by atoms with Crippen LogP contribution in [-0.4, -0.2) is 17.1 Å². The zero-order valence-electron chi connectivity index (χ0n) is 12.8. The molecule has 3 rings (SSSR count). The number of nitriles is 1. The van der Waals surface area contributed by atoms with Gasteiger partial charge in [0.15, 0.2) is 5.69 Å². The zero-order chi connectivity index (χ0) is 16.6. The highest BCUT2D eigenvalue weighted by molar-refractivity contribution is 9.08.